The molecule has 24 heavy (non-hydrogen) atoms. The molecule has 0 radical (unpaired) electrons. The second kappa shape index (κ2) is 6.65. The van der Waals surface area contributed by atoms with Crippen molar-refractivity contribution in [3.63, 3.8) is 0 Å². The zero-order chi connectivity index (χ0) is 18.1. The highest BCUT2D eigenvalue weighted by molar-refractivity contribution is 6.13. The summed E-state index contributed by atoms with van der Waals surface area (Å²) in [7, 11) is 3.22. The predicted octanol–water partition coefficient (Wildman–Crippen LogP) is 2.98. The van der Waals surface area contributed by atoms with Crippen LogP contribution in [0, 0.1) is 5.41 Å². The minimum absolute atomic E-state index is 0.0249. The number of rotatable bonds is 5. The Morgan fingerprint density at radius 2 is 1.96 bits per heavy atom. The number of hydrogen-bond donors (Lipinski definition) is 2. The van der Waals surface area contributed by atoms with E-state index in [9.17, 15) is 9.59 Å². The molecule has 2 rings (SSSR count). The summed E-state index contributed by atoms with van der Waals surface area (Å²) >= 11 is 0. The van der Waals surface area contributed by atoms with E-state index >= 15 is 0 Å². The number of nitrogen functional groups attached to an aromatic ring is 1. The number of ether oxygens (including phenoxy) is 1. The van der Waals surface area contributed by atoms with Gasteiger partial charge in [-0.25, -0.2) is 0 Å². The molecule has 0 spiro atoms. The largest absolute Gasteiger partial charge is 0.385 e. The molecule has 6 heteroatoms. The molecular weight excluding hydrogens is 306 g/mol. The SMILES string of the molecule is COCC(=O)c1c(N)[nH]c2cc(N(C)C(=O)CC(C)(C)C)ccc12. The van der Waals surface area contributed by atoms with Crippen molar-refractivity contribution in [1.82, 2.24) is 4.98 Å². The quantitative estimate of drug-likeness (QED) is 0.824. The van der Waals surface area contributed by atoms with Crippen molar-refractivity contribution >= 4 is 34.1 Å². The van der Waals surface area contributed by atoms with Crippen LogP contribution in [0.15, 0.2) is 18.2 Å². The summed E-state index contributed by atoms with van der Waals surface area (Å²) in [5, 5.41) is 0.731. The molecule has 0 fully saturated rings. The van der Waals surface area contributed by atoms with Crippen molar-refractivity contribution in [2.24, 2.45) is 5.41 Å². The zero-order valence-electron chi connectivity index (χ0n) is 14.9. The van der Waals surface area contributed by atoms with Gasteiger partial charge >= 0.3 is 0 Å². The highest BCUT2D eigenvalue weighted by Gasteiger charge is 2.21. The first-order chi connectivity index (χ1) is 11.1. The number of ketones is 1. The Morgan fingerprint density at radius 3 is 2.54 bits per heavy atom. The summed E-state index contributed by atoms with van der Waals surface area (Å²) in [5.74, 6) is 0.177. The molecule has 0 unspecified atom stereocenters. The van der Waals surface area contributed by atoms with Crippen LogP contribution in [0.1, 0.15) is 37.6 Å². The third-order valence-corrected chi connectivity index (χ3v) is 3.81. The monoisotopic (exact) mass is 331 g/mol. The van der Waals surface area contributed by atoms with Crippen LogP contribution in [-0.4, -0.2) is 37.4 Å². The molecule has 1 aromatic heterocycles. The van der Waals surface area contributed by atoms with Gasteiger partial charge < -0.3 is 20.4 Å². The first-order valence-electron chi connectivity index (χ1n) is 7.84. The van der Waals surface area contributed by atoms with Gasteiger partial charge in [-0.1, -0.05) is 20.8 Å². The van der Waals surface area contributed by atoms with Gasteiger partial charge in [0.05, 0.1) is 5.56 Å². The van der Waals surface area contributed by atoms with Crippen LogP contribution >= 0.6 is 0 Å². The number of hydrogen-bond acceptors (Lipinski definition) is 4. The summed E-state index contributed by atoms with van der Waals surface area (Å²) < 4.78 is 4.90. The van der Waals surface area contributed by atoms with Crippen LogP contribution in [0.5, 0.6) is 0 Å². The molecule has 0 atom stereocenters. The number of aromatic nitrogens is 1. The minimum Gasteiger partial charge on any atom is -0.385 e. The van der Waals surface area contributed by atoms with Gasteiger partial charge in [0.15, 0.2) is 5.78 Å². The van der Waals surface area contributed by atoms with E-state index in [0.29, 0.717) is 17.8 Å². The van der Waals surface area contributed by atoms with E-state index < -0.39 is 0 Å². The smallest absolute Gasteiger partial charge is 0.227 e. The third kappa shape index (κ3) is 3.76. The topological polar surface area (TPSA) is 88.4 Å². The molecule has 2 aromatic rings. The second-order valence-corrected chi connectivity index (χ2v) is 7.19. The van der Waals surface area contributed by atoms with Crippen molar-refractivity contribution < 1.29 is 14.3 Å². The molecule has 0 aliphatic heterocycles. The molecule has 1 amide bonds. The van der Waals surface area contributed by atoms with Crippen molar-refractivity contribution in [1.29, 1.82) is 0 Å². The predicted molar refractivity (Wildman–Crippen MR) is 96.4 cm³/mol. The third-order valence-electron chi connectivity index (χ3n) is 3.81. The van der Waals surface area contributed by atoms with E-state index in [1.165, 1.54) is 7.11 Å². The van der Waals surface area contributed by atoms with E-state index in [1.54, 1.807) is 18.0 Å². The maximum absolute atomic E-state index is 12.4. The number of aromatic amines is 1. The number of anilines is 2. The van der Waals surface area contributed by atoms with Gasteiger partial charge in [0, 0.05) is 37.2 Å². The average molecular weight is 331 g/mol. The highest BCUT2D eigenvalue weighted by atomic mass is 16.5. The molecule has 0 aliphatic carbocycles. The Labute approximate surface area is 142 Å². The van der Waals surface area contributed by atoms with Gasteiger partial charge in [-0.05, 0) is 23.6 Å². The first-order valence-corrected chi connectivity index (χ1v) is 7.84. The molecule has 1 aromatic carbocycles. The first kappa shape index (κ1) is 18.0. The molecule has 0 aliphatic rings. The number of methoxy groups -OCH3 is 1. The van der Waals surface area contributed by atoms with Crippen LogP contribution in [0.25, 0.3) is 10.9 Å². The van der Waals surface area contributed by atoms with Crippen LogP contribution in [0.2, 0.25) is 0 Å². The van der Waals surface area contributed by atoms with Crippen LogP contribution < -0.4 is 10.6 Å². The van der Waals surface area contributed by atoms with E-state index in [1.807, 2.05) is 32.9 Å². The summed E-state index contributed by atoms with van der Waals surface area (Å²) in [6.07, 6.45) is 0.450. The second-order valence-electron chi connectivity index (χ2n) is 7.19. The number of Topliss-reactive ketones (excluding diaryl/α,β-unsaturated/α-hetero) is 1. The Kier molecular flexibility index (Phi) is 4.99. The summed E-state index contributed by atoms with van der Waals surface area (Å²) in [4.78, 5) is 29.2. The highest BCUT2D eigenvalue weighted by Crippen LogP contribution is 2.29. The fourth-order valence-electron chi connectivity index (χ4n) is 2.63. The molecule has 6 nitrogen and oxygen atoms in total. The zero-order valence-corrected chi connectivity index (χ0v) is 14.9. The standard InChI is InChI=1S/C18H25N3O3/c1-18(2,3)9-15(23)21(4)11-6-7-12-13(8-11)20-17(19)16(12)14(22)10-24-5/h6-8,20H,9-10,19H2,1-5H3. The number of nitrogens with two attached hydrogens (primary N) is 1. The number of amides is 1. The number of benzene rings is 1. The molecule has 3 N–H and O–H groups in total. The van der Waals surface area contributed by atoms with Gasteiger partial charge in [0.1, 0.15) is 12.4 Å². The average Bonchev–Trinajstić information content (AvgIpc) is 2.79. The Bertz CT molecular complexity index is 772. The molecule has 0 saturated carbocycles. The summed E-state index contributed by atoms with van der Waals surface area (Å²) in [6, 6.07) is 5.46. The number of H-pyrrole nitrogens is 1. The van der Waals surface area contributed by atoms with E-state index in [4.69, 9.17) is 10.5 Å². The molecule has 0 saturated heterocycles. The van der Waals surface area contributed by atoms with Crippen molar-refractivity contribution in [2.75, 3.05) is 31.4 Å². The minimum atomic E-state index is -0.175. The Hall–Kier alpha value is -2.34. The van der Waals surface area contributed by atoms with Gasteiger partial charge in [-0.2, -0.15) is 0 Å². The fraction of sp³-hybridized carbons (Fsp3) is 0.444. The number of fused-ring (bicyclic) bond motifs is 1. The lowest BCUT2D eigenvalue weighted by Crippen LogP contribution is -2.29. The Morgan fingerprint density at radius 1 is 1.29 bits per heavy atom. The van der Waals surface area contributed by atoms with Crippen molar-refractivity contribution in [3.8, 4) is 0 Å². The number of carbonyl (C=O) groups is 2. The molecule has 130 valence electrons. The van der Waals surface area contributed by atoms with Gasteiger partial charge in [0.2, 0.25) is 5.91 Å². The Balaban J connectivity index is 2.36. The van der Waals surface area contributed by atoms with Crippen LogP contribution in [0.4, 0.5) is 11.5 Å². The van der Waals surface area contributed by atoms with Gasteiger partial charge in [-0.3, -0.25) is 9.59 Å². The van der Waals surface area contributed by atoms with Gasteiger partial charge in [0.25, 0.3) is 0 Å². The van der Waals surface area contributed by atoms with Crippen molar-refractivity contribution in [3.05, 3.63) is 23.8 Å². The molecular formula is C18H25N3O3. The van der Waals surface area contributed by atoms with Crippen LogP contribution in [-0.2, 0) is 9.53 Å². The lowest BCUT2D eigenvalue weighted by Gasteiger charge is -2.23. The molecule has 1 heterocycles. The van der Waals surface area contributed by atoms with E-state index in [0.717, 1.165) is 16.6 Å². The maximum Gasteiger partial charge on any atom is 0.227 e. The van der Waals surface area contributed by atoms with E-state index in [2.05, 4.69) is 4.98 Å². The number of nitrogens with zero attached hydrogens (tertiary/aromatic N) is 1. The van der Waals surface area contributed by atoms with E-state index in [-0.39, 0.29) is 23.7 Å². The van der Waals surface area contributed by atoms with Gasteiger partial charge in [-0.15, -0.1) is 0 Å². The normalized spacial score (nSPS) is 11.7. The maximum atomic E-state index is 12.4. The number of carbonyl (C=O) groups excluding carboxylic acids is 2. The summed E-state index contributed by atoms with van der Waals surface area (Å²) in [6.45, 7) is 6.06. The fourth-order valence-corrected chi connectivity index (χ4v) is 2.63. The lowest BCUT2D eigenvalue weighted by molar-refractivity contribution is -0.120. The lowest BCUT2D eigenvalue weighted by atomic mass is 9.91. The number of nitrogens with one attached hydrogen (secondary N) is 1. The summed E-state index contributed by atoms with van der Waals surface area (Å²) in [5.41, 5.74) is 7.77. The van der Waals surface area contributed by atoms with Crippen molar-refractivity contribution in [2.45, 2.75) is 27.2 Å². The van der Waals surface area contributed by atoms with Crippen LogP contribution in [0.3, 0.4) is 0 Å². The molecule has 0 bridgehead atoms.